The molecule has 1 aromatic heterocycles. The molecule has 0 radical (unpaired) electrons. The maximum atomic E-state index is 11.5. The summed E-state index contributed by atoms with van der Waals surface area (Å²) in [5.41, 5.74) is 4.88. The maximum absolute atomic E-state index is 11.5. The van der Waals surface area contributed by atoms with E-state index in [0.29, 0.717) is 11.8 Å². The number of carbonyl (C=O) groups excluding carboxylic acids is 1. The van der Waals surface area contributed by atoms with Crippen molar-refractivity contribution in [2.75, 3.05) is 17.2 Å². The van der Waals surface area contributed by atoms with Crippen LogP contribution in [-0.4, -0.2) is 50.4 Å². The molecule has 8 heteroatoms. The lowest BCUT2D eigenvalue weighted by molar-refractivity contribution is 0.1000. The molecule has 1 heterocycles. The number of primary amides is 1. The number of hydrogen-bond acceptors (Lipinski definition) is 7. The third kappa shape index (κ3) is 4.77. The van der Waals surface area contributed by atoms with Crippen molar-refractivity contribution in [3.05, 3.63) is 11.8 Å². The van der Waals surface area contributed by atoms with E-state index in [1.807, 2.05) is 0 Å². The molecule has 1 aromatic rings. The van der Waals surface area contributed by atoms with Crippen LogP contribution in [0.5, 0.6) is 0 Å². The number of nitrogens with two attached hydrogens (primary N) is 1. The first kappa shape index (κ1) is 17.4. The predicted molar refractivity (Wildman–Crippen MR) is 87.2 cm³/mol. The van der Waals surface area contributed by atoms with Gasteiger partial charge >= 0.3 is 0 Å². The van der Waals surface area contributed by atoms with E-state index in [1.54, 1.807) is 13.8 Å². The fraction of sp³-hybridized carbons (Fsp3) is 0.667. The van der Waals surface area contributed by atoms with Gasteiger partial charge in [-0.1, -0.05) is 0 Å². The first-order chi connectivity index (χ1) is 10.8. The largest absolute Gasteiger partial charge is 0.394 e. The maximum Gasteiger partial charge on any atom is 0.254 e. The molecule has 6 N–H and O–H groups in total. The lowest BCUT2D eigenvalue weighted by Gasteiger charge is -2.27. The summed E-state index contributed by atoms with van der Waals surface area (Å²) in [5.74, 6) is 0.0612. The minimum atomic E-state index is -0.648. The molecule has 1 fully saturated rings. The zero-order chi connectivity index (χ0) is 17.0. The van der Waals surface area contributed by atoms with Gasteiger partial charge in [0, 0.05) is 12.2 Å². The summed E-state index contributed by atoms with van der Waals surface area (Å²) < 4.78 is 0. The van der Waals surface area contributed by atoms with Crippen molar-refractivity contribution in [3.63, 3.8) is 0 Å². The van der Waals surface area contributed by atoms with Gasteiger partial charge in [0.25, 0.3) is 5.91 Å². The third-order valence-corrected chi connectivity index (χ3v) is 3.94. The second-order valence-electron chi connectivity index (χ2n) is 6.64. The molecular formula is C15H25N5O3. The Hall–Kier alpha value is -1.93. The second kappa shape index (κ2) is 7.10. The van der Waals surface area contributed by atoms with Crippen molar-refractivity contribution in [2.45, 2.75) is 57.2 Å². The van der Waals surface area contributed by atoms with E-state index in [9.17, 15) is 15.0 Å². The molecule has 0 aliphatic heterocycles. The summed E-state index contributed by atoms with van der Waals surface area (Å²) in [6, 6.07) is 0.191. The summed E-state index contributed by atoms with van der Waals surface area (Å²) in [7, 11) is 0. The van der Waals surface area contributed by atoms with Crippen LogP contribution >= 0.6 is 0 Å². The fourth-order valence-electron chi connectivity index (χ4n) is 2.49. The van der Waals surface area contributed by atoms with Crippen molar-refractivity contribution < 1.29 is 15.0 Å². The Balaban J connectivity index is 2.17. The van der Waals surface area contributed by atoms with Crippen molar-refractivity contribution in [3.8, 4) is 0 Å². The molecule has 0 atom stereocenters. The van der Waals surface area contributed by atoms with Gasteiger partial charge in [0.1, 0.15) is 5.82 Å². The van der Waals surface area contributed by atoms with Gasteiger partial charge in [0.15, 0.2) is 0 Å². The van der Waals surface area contributed by atoms with Crippen LogP contribution in [0.2, 0.25) is 0 Å². The van der Waals surface area contributed by atoms with E-state index in [-0.39, 0.29) is 24.3 Å². The van der Waals surface area contributed by atoms with E-state index in [2.05, 4.69) is 20.6 Å². The summed E-state index contributed by atoms with van der Waals surface area (Å²) in [5, 5.41) is 25.2. The molecule has 128 valence electrons. The van der Waals surface area contributed by atoms with Crippen LogP contribution < -0.4 is 16.4 Å². The van der Waals surface area contributed by atoms with Crippen molar-refractivity contribution in [1.29, 1.82) is 0 Å². The molecule has 0 aromatic carbocycles. The second-order valence-corrected chi connectivity index (χ2v) is 6.64. The highest BCUT2D eigenvalue weighted by Crippen LogP contribution is 2.23. The van der Waals surface area contributed by atoms with Crippen LogP contribution in [0.3, 0.4) is 0 Å². The van der Waals surface area contributed by atoms with E-state index < -0.39 is 11.4 Å². The summed E-state index contributed by atoms with van der Waals surface area (Å²) in [6.07, 6.45) is 4.33. The van der Waals surface area contributed by atoms with Gasteiger partial charge < -0.3 is 26.6 Å². The molecule has 23 heavy (non-hydrogen) atoms. The summed E-state index contributed by atoms with van der Waals surface area (Å²) >= 11 is 0. The van der Waals surface area contributed by atoms with Crippen LogP contribution in [0, 0.1) is 0 Å². The van der Waals surface area contributed by atoms with E-state index in [1.165, 1.54) is 6.20 Å². The molecule has 0 spiro atoms. The molecule has 0 unspecified atom stereocenters. The number of hydrogen-bond donors (Lipinski definition) is 5. The Bertz CT molecular complexity index is 556. The van der Waals surface area contributed by atoms with Crippen LogP contribution in [0.1, 0.15) is 49.9 Å². The number of rotatable bonds is 6. The number of anilines is 2. The highest BCUT2D eigenvalue weighted by Gasteiger charge is 2.23. The van der Waals surface area contributed by atoms with Crippen LogP contribution in [0.25, 0.3) is 0 Å². The standard InChI is InChI=1S/C15H25N5O3/c1-15(2,8-21)20-13-11(12(16)23)7-17-14(19-13)18-9-3-5-10(22)6-4-9/h7,9-10,21-22H,3-6,8H2,1-2H3,(H2,16,23)(H2,17,18,19,20)/t9-,10-. The highest BCUT2D eigenvalue weighted by atomic mass is 16.3. The molecule has 8 nitrogen and oxygen atoms in total. The zero-order valence-corrected chi connectivity index (χ0v) is 13.5. The predicted octanol–water partition coefficient (Wildman–Crippen LogP) is 0.474. The van der Waals surface area contributed by atoms with Gasteiger partial charge in [-0.05, 0) is 39.5 Å². The lowest BCUT2D eigenvalue weighted by atomic mass is 9.93. The number of nitrogens with zero attached hydrogens (tertiary/aromatic N) is 2. The molecule has 1 saturated carbocycles. The van der Waals surface area contributed by atoms with Gasteiger partial charge in [-0.3, -0.25) is 4.79 Å². The van der Waals surface area contributed by atoms with Gasteiger partial charge in [-0.25, -0.2) is 4.98 Å². The Morgan fingerprint density at radius 1 is 1.39 bits per heavy atom. The third-order valence-electron chi connectivity index (χ3n) is 3.94. The number of amides is 1. The molecule has 0 bridgehead atoms. The Morgan fingerprint density at radius 2 is 2.04 bits per heavy atom. The molecule has 0 saturated heterocycles. The lowest BCUT2D eigenvalue weighted by Crippen LogP contribution is -2.36. The van der Waals surface area contributed by atoms with Crippen molar-refractivity contribution >= 4 is 17.7 Å². The topological polar surface area (TPSA) is 133 Å². The molecular weight excluding hydrogens is 298 g/mol. The number of nitrogens with one attached hydrogen (secondary N) is 2. The van der Waals surface area contributed by atoms with Crippen LogP contribution in [0.4, 0.5) is 11.8 Å². The minimum Gasteiger partial charge on any atom is -0.394 e. The van der Waals surface area contributed by atoms with Gasteiger partial charge in [-0.2, -0.15) is 4.98 Å². The normalized spacial score (nSPS) is 21.7. The van der Waals surface area contributed by atoms with Crippen molar-refractivity contribution in [2.24, 2.45) is 5.73 Å². The van der Waals surface area contributed by atoms with Gasteiger partial charge in [-0.15, -0.1) is 0 Å². The number of aliphatic hydroxyl groups is 2. The Labute approximate surface area is 135 Å². The summed E-state index contributed by atoms with van der Waals surface area (Å²) in [6.45, 7) is 3.45. The van der Waals surface area contributed by atoms with E-state index >= 15 is 0 Å². The fourth-order valence-corrected chi connectivity index (χ4v) is 2.49. The SMILES string of the molecule is CC(C)(CO)Nc1nc(N[C@H]2CC[C@H](O)CC2)ncc1C(N)=O. The minimum absolute atomic E-state index is 0.127. The average molecular weight is 323 g/mol. The van der Waals surface area contributed by atoms with Crippen LogP contribution in [0.15, 0.2) is 6.20 Å². The van der Waals surface area contributed by atoms with Gasteiger partial charge in [0.05, 0.1) is 23.8 Å². The quantitative estimate of drug-likeness (QED) is 0.514. The molecule has 1 amide bonds. The smallest absolute Gasteiger partial charge is 0.254 e. The average Bonchev–Trinajstić information content (AvgIpc) is 2.49. The first-order valence-corrected chi connectivity index (χ1v) is 7.81. The number of aromatic nitrogens is 2. The zero-order valence-electron chi connectivity index (χ0n) is 13.5. The molecule has 2 rings (SSSR count). The van der Waals surface area contributed by atoms with E-state index in [0.717, 1.165) is 25.7 Å². The highest BCUT2D eigenvalue weighted by molar-refractivity contribution is 5.97. The van der Waals surface area contributed by atoms with E-state index in [4.69, 9.17) is 5.73 Å². The Kier molecular flexibility index (Phi) is 5.38. The monoisotopic (exact) mass is 323 g/mol. The number of aliphatic hydroxyl groups excluding tert-OH is 2. The molecule has 1 aliphatic rings. The Morgan fingerprint density at radius 3 is 2.61 bits per heavy atom. The first-order valence-electron chi connectivity index (χ1n) is 7.81. The summed E-state index contributed by atoms with van der Waals surface area (Å²) in [4.78, 5) is 20.0. The number of carbonyl (C=O) groups is 1. The van der Waals surface area contributed by atoms with Crippen LogP contribution in [-0.2, 0) is 0 Å². The molecule has 1 aliphatic carbocycles. The van der Waals surface area contributed by atoms with Crippen molar-refractivity contribution in [1.82, 2.24) is 9.97 Å². The van der Waals surface area contributed by atoms with Gasteiger partial charge in [0.2, 0.25) is 5.95 Å².